The first kappa shape index (κ1) is 26.7. The summed E-state index contributed by atoms with van der Waals surface area (Å²) in [5, 5.41) is 4.22. The van der Waals surface area contributed by atoms with Gasteiger partial charge in [0.2, 0.25) is 5.95 Å². The average molecular weight is 599 g/mol. The molecule has 4 N–H and O–H groups in total. The van der Waals surface area contributed by atoms with Crippen LogP contribution in [0.4, 0.5) is 23.0 Å². The van der Waals surface area contributed by atoms with Crippen molar-refractivity contribution in [2.24, 2.45) is 0 Å². The molecule has 8 nitrogen and oxygen atoms in total. The van der Waals surface area contributed by atoms with Crippen molar-refractivity contribution < 1.29 is 8.42 Å². The van der Waals surface area contributed by atoms with E-state index in [4.69, 9.17) is 17.3 Å². The van der Waals surface area contributed by atoms with E-state index in [1.807, 2.05) is 60.7 Å². The SMILES string of the molecule is Nc1ccc(SNc2cccc(Nc3ncc(Cl)c(-c4cn(S(=O)(=O)c5ccccc5)c5ccccc45)n3)c2)cc1. The summed E-state index contributed by atoms with van der Waals surface area (Å²) in [7, 11) is -3.86. The molecular formula is C30H23ClN6O2S2. The van der Waals surface area contributed by atoms with Gasteiger partial charge >= 0.3 is 0 Å². The summed E-state index contributed by atoms with van der Waals surface area (Å²) in [6.07, 6.45) is 3.06. The highest BCUT2D eigenvalue weighted by Gasteiger charge is 2.23. The number of nitrogens with zero attached hydrogens (tertiary/aromatic N) is 3. The third-order valence-electron chi connectivity index (χ3n) is 6.26. The zero-order valence-electron chi connectivity index (χ0n) is 21.4. The van der Waals surface area contributed by atoms with E-state index in [-0.39, 0.29) is 4.90 Å². The fourth-order valence-electron chi connectivity index (χ4n) is 4.30. The van der Waals surface area contributed by atoms with Gasteiger partial charge in [0.25, 0.3) is 10.0 Å². The molecule has 2 heterocycles. The second-order valence-electron chi connectivity index (χ2n) is 9.04. The van der Waals surface area contributed by atoms with E-state index in [1.165, 1.54) is 22.1 Å². The van der Waals surface area contributed by atoms with Crippen molar-refractivity contribution in [3.8, 4) is 11.3 Å². The molecule has 0 saturated carbocycles. The molecule has 0 aliphatic rings. The molecule has 0 bridgehead atoms. The van der Waals surface area contributed by atoms with Crippen LogP contribution in [0.2, 0.25) is 5.02 Å². The molecule has 0 atom stereocenters. The van der Waals surface area contributed by atoms with Gasteiger partial charge < -0.3 is 15.8 Å². The van der Waals surface area contributed by atoms with Gasteiger partial charge in [-0.3, -0.25) is 0 Å². The van der Waals surface area contributed by atoms with Crippen molar-refractivity contribution in [2.45, 2.75) is 9.79 Å². The lowest BCUT2D eigenvalue weighted by atomic mass is 10.1. The predicted molar refractivity (Wildman–Crippen MR) is 167 cm³/mol. The molecule has 0 aliphatic heterocycles. The van der Waals surface area contributed by atoms with E-state index in [1.54, 1.807) is 48.7 Å². The molecule has 0 aliphatic carbocycles. The van der Waals surface area contributed by atoms with E-state index < -0.39 is 10.0 Å². The summed E-state index contributed by atoms with van der Waals surface area (Å²) in [6.45, 7) is 0. The number of halogens is 1. The minimum atomic E-state index is -3.86. The quantitative estimate of drug-likeness (QED) is 0.122. The maximum atomic E-state index is 13.5. The predicted octanol–water partition coefficient (Wildman–Crippen LogP) is 7.43. The molecular weight excluding hydrogens is 576 g/mol. The number of nitrogens with one attached hydrogen (secondary N) is 2. The van der Waals surface area contributed by atoms with Gasteiger partial charge in [0, 0.05) is 39.1 Å². The lowest BCUT2D eigenvalue weighted by Gasteiger charge is -2.10. The fourth-order valence-corrected chi connectivity index (χ4v) is 6.52. The smallest absolute Gasteiger partial charge is 0.268 e. The Bertz CT molecular complexity index is 1960. The molecule has 2 aromatic heterocycles. The van der Waals surface area contributed by atoms with E-state index in [0.717, 1.165) is 16.3 Å². The molecule has 6 rings (SSSR count). The van der Waals surface area contributed by atoms with Gasteiger partial charge in [0.05, 0.1) is 27.3 Å². The van der Waals surface area contributed by atoms with Crippen molar-refractivity contribution in [1.82, 2.24) is 13.9 Å². The van der Waals surface area contributed by atoms with Gasteiger partial charge in [-0.25, -0.2) is 22.4 Å². The topological polar surface area (TPSA) is 115 Å². The number of fused-ring (bicyclic) bond motifs is 1. The Hall–Kier alpha value is -4.51. The zero-order chi connectivity index (χ0) is 28.4. The molecule has 0 unspecified atom stereocenters. The molecule has 204 valence electrons. The molecule has 0 fully saturated rings. The molecule has 41 heavy (non-hydrogen) atoms. The van der Waals surface area contributed by atoms with Crippen LogP contribution in [0.5, 0.6) is 0 Å². The summed E-state index contributed by atoms with van der Waals surface area (Å²) in [5.74, 6) is 0.315. The maximum Gasteiger partial charge on any atom is 0.268 e. The highest BCUT2D eigenvalue weighted by atomic mass is 35.5. The average Bonchev–Trinajstić information content (AvgIpc) is 3.39. The van der Waals surface area contributed by atoms with Crippen molar-refractivity contribution in [3.63, 3.8) is 0 Å². The van der Waals surface area contributed by atoms with E-state index in [2.05, 4.69) is 20.0 Å². The first-order valence-corrected chi connectivity index (χ1v) is 15.1. The van der Waals surface area contributed by atoms with Crippen LogP contribution in [0.15, 0.2) is 125 Å². The second kappa shape index (κ2) is 11.2. The maximum absolute atomic E-state index is 13.5. The summed E-state index contributed by atoms with van der Waals surface area (Å²) in [5.41, 5.74) is 9.63. The normalized spacial score (nSPS) is 11.4. The van der Waals surface area contributed by atoms with Gasteiger partial charge in [-0.05, 0) is 72.6 Å². The number of hydrogen-bond acceptors (Lipinski definition) is 8. The molecule has 11 heteroatoms. The van der Waals surface area contributed by atoms with E-state index >= 15 is 0 Å². The molecule has 0 amide bonds. The Kier molecular flexibility index (Phi) is 7.27. The monoisotopic (exact) mass is 598 g/mol. The second-order valence-corrected chi connectivity index (χ2v) is 12.1. The number of anilines is 4. The molecule has 0 saturated heterocycles. The number of nitrogen functional groups attached to an aromatic ring is 1. The first-order valence-electron chi connectivity index (χ1n) is 12.5. The standard InChI is InChI=1S/C30H23ClN6O2S2/c31-27-18-33-30(34-21-7-6-8-22(17-21)36-40-23-15-13-20(32)14-16-23)35-29(27)26-19-37(28-12-5-4-11-25(26)28)41(38,39)24-9-2-1-3-10-24/h1-19,36H,32H2,(H,33,34,35). The van der Waals surface area contributed by atoms with E-state index in [9.17, 15) is 8.42 Å². The number of para-hydroxylation sites is 1. The largest absolute Gasteiger partial charge is 0.399 e. The number of hydrogen-bond donors (Lipinski definition) is 3. The van der Waals surface area contributed by atoms with Crippen LogP contribution in [-0.2, 0) is 10.0 Å². The van der Waals surface area contributed by atoms with Crippen LogP contribution < -0.4 is 15.8 Å². The van der Waals surface area contributed by atoms with Crippen molar-refractivity contribution in [3.05, 3.63) is 121 Å². The summed E-state index contributed by atoms with van der Waals surface area (Å²) in [6, 6.07) is 30.8. The minimum Gasteiger partial charge on any atom is -0.399 e. The summed E-state index contributed by atoms with van der Waals surface area (Å²) in [4.78, 5) is 10.3. The molecule has 0 radical (unpaired) electrons. The fraction of sp³-hybridized carbons (Fsp3) is 0. The van der Waals surface area contributed by atoms with Crippen LogP contribution in [0.25, 0.3) is 22.2 Å². The minimum absolute atomic E-state index is 0.187. The summed E-state index contributed by atoms with van der Waals surface area (Å²) < 4.78 is 31.7. The van der Waals surface area contributed by atoms with Crippen LogP contribution in [0.1, 0.15) is 0 Å². The van der Waals surface area contributed by atoms with Gasteiger partial charge in [-0.2, -0.15) is 0 Å². The van der Waals surface area contributed by atoms with Crippen molar-refractivity contribution in [1.29, 1.82) is 0 Å². The van der Waals surface area contributed by atoms with Gasteiger partial charge in [-0.15, -0.1) is 0 Å². The van der Waals surface area contributed by atoms with Gasteiger partial charge in [0.15, 0.2) is 0 Å². The number of rotatable bonds is 8. The summed E-state index contributed by atoms with van der Waals surface area (Å²) >= 11 is 8.05. The number of benzene rings is 4. The third kappa shape index (κ3) is 5.58. The van der Waals surface area contributed by atoms with Crippen LogP contribution in [0.3, 0.4) is 0 Å². The van der Waals surface area contributed by atoms with Gasteiger partial charge in [-0.1, -0.05) is 54.1 Å². The number of nitrogens with two attached hydrogens (primary N) is 1. The molecule has 0 spiro atoms. The Morgan fingerprint density at radius 1 is 0.854 bits per heavy atom. The van der Waals surface area contributed by atoms with Crippen LogP contribution in [0, 0.1) is 0 Å². The Labute approximate surface area is 246 Å². The number of aromatic nitrogens is 3. The Balaban J connectivity index is 1.31. The van der Waals surface area contributed by atoms with Crippen LogP contribution in [-0.4, -0.2) is 22.4 Å². The molecule has 6 aromatic rings. The first-order chi connectivity index (χ1) is 19.9. The van der Waals surface area contributed by atoms with Gasteiger partial charge in [0.1, 0.15) is 0 Å². The van der Waals surface area contributed by atoms with Crippen molar-refractivity contribution >= 4 is 67.5 Å². The van der Waals surface area contributed by atoms with E-state index in [0.29, 0.717) is 38.8 Å². The molecule has 4 aromatic carbocycles. The third-order valence-corrected chi connectivity index (χ3v) is 9.07. The lowest BCUT2D eigenvalue weighted by Crippen LogP contribution is -2.11. The zero-order valence-corrected chi connectivity index (χ0v) is 23.8. The highest BCUT2D eigenvalue weighted by molar-refractivity contribution is 8.00. The Morgan fingerprint density at radius 3 is 2.39 bits per heavy atom. The highest BCUT2D eigenvalue weighted by Crippen LogP contribution is 2.36. The van der Waals surface area contributed by atoms with Crippen molar-refractivity contribution in [2.75, 3.05) is 15.8 Å². The Morgan fingerprint density at radius 2 is 1.59 bits per heavy atom. The lowest BCUT2D eigenvalue weighted by molar-refractivity contribution is 0.589. The van der Waals surface area contributed by atoms with Crippen LogP contribution >= 0.6 is 23.5 Å².